The lowest BCUT2D eigenvalue weighted by Crippen LogP contribution is -2.39. The van der Waals surface area contributed by atoms with E-state index in [1.807, 2.05) is 50.2 Å². The molecule has 2 N–H and O–H groups in total. The van der Waals surface area contributed by atoms with E-state index in [-0.39, 0.29) is 6.04 Å². The summed E-state index contributed by atoms with van der Waals surface area (Å²) < 4.78 is 16.4. The highest BCUT2D eigenvalue weighted by Crippen LogP contribution is 2.28. The van der Waals surface area contributed by atoms with Crippen LogP contribution in [-0.4, -0.2) is 32.0 Å². The zero-order chi connectivity index (χ0) is 18.2. The Morgan fingerprint density at radius 1 is 1.08 bits per heavy atom. The summed E-state index contributed by atoms with van der Waals surface area (Å²) in [5, 5.41) is 6.85. The topological polar surface area (TPSA) is 51.8 Å². The maximum atomic E-state index is 5.83. The number of hydrogen-bond donors (Lipinski definition) is 2. The standard InChI is InChI=1S/C19H24N2O3S/c1-13-7-5-6-8-17(13)24-12-14(2)20-19(25)21-16-10-9-15(22-3)11-18(16)23-4/h5-11,14H,12H2,1-4H3,(H2,20,21,25)/t14-/m0/s1. The van der Waals surface area contributed by atoms with Crippen LogP contribution in [0, 0.1) is 6.92 Å². The van der Waals surface area contributed by atoms with Crippen LogP contribution in [0.3, 0.4) is 0 Å². The van der Waals surface area contributed by atoms with Crippen molar-refractivity contribution in [1.29, 1.82) is 0 Å². The van der Waals surface area contributed by atoms with Gasteiger partial charge in [-0.3, -0.25) is 0 Å². The lowest BCUT2D eigenvalue weighted by Gasteiger charge is -2.19. The number of methoxy groups -OCH3 is 2. The number of aryl methyl sites for hydroxylation is 1. The molecule has 0 amide bonds. The van der Waals surface area contributed by atoms with Gasteiger partial charge in [-0.05, 0) is 49.8 Å². The van der Waals surface area contributed by atoms with E-state index in [9.17, 15) is 0 Å². The minimum atomic E-state index is 0.0452. The normalized spacial score (nSPS) is 11.4. The van der Waals surface area contributed by atoms with Gasteiger partial charge >= 0.3 is 0 Å². The maximum absolute atomic E-state index is 5.83. The van der Waals surface area contributed by atoms with Crippen molar-refractivity contribution in [2.24, 2.45) is 0 Å². The number of para-hydroxylation sites is 1. The zero-order valence-corrected chi connectivity index (χ0v) is 15.8. The molecule has 0 aliphatic rings. The predicted octanol–water partition coefficient (Wildman–Crippen LogP) is 3.77. The molecule has 0 unspecified atom stereocenters. The first-order chi connectivity index (χ1) is 12.0. The summed E-state index contributed by atoms with van der Waals surface area (Å²) >= 11 is 5.37. The highest BCUT2D eigenvalue weighted by atomic mass is 32.1. The Morgan fingerprint density at radius 2 is 1.84 bits per heavy atom. The summed E-state index contributed by atoms with van der Waals surface area (Å²) in [5.74, 6) is 2.26. The van der Waals surface area contributed by atoms with E-state index >= 15 is 0 Å². The molecule has 1 atom stereocenters. The summed E-state index contributed by atoms with van der Waals surface area (Å²) in [4.78, 5) is 0. The molecular formula is C19H24N2O3S. The van der Waals surface area contributed by atoms with Crippen molar-refractivity contribution >= 4 is 23.0 Å². The van der Waals surface area contributed by atoms with Gasteiger partial charge < -0.3 is 24.8 Å². The molecule has 2 aromatic carbocycles. The van der Waals surface area contributed by atoms with Crippen LogP contribution >= 0.6 is 12.2 Å². The van der Waals surface area contributed by atoms with Crippen molar-refractivity contribution < 1.29 is 14.2 Å². The lowest BCUT2D eigenvalue weighted by atomic mass is 10.2. The van der Waals surface area contributed by atoms with Crippen molar-refractivity contribution in [3.8, 4) is 17.2 Å². The summed E-state index contributed by atoms with van der Waals surface area (Å²) in [5.41, 5.74) is 1.88. The molecule has 0 bridgehead atoms. The number of hydrogen-bond acceptors (Lipinski definition) is 4. The van der Waals surface area contributed by atoms with Crippen LogP contribution in [0.1, 0.15) is 12.5 Å². The SMILES string of the molecule is COc1ccc(NC(=S)N[C@@H](C)COc2ccccc2C)c(OC)c1. The molecule has 0 saturated carbocycles. The molecule has 0 fully saturated rings. The van der Waals surface area contributed by atoms with E-state index in [1.165, 1.54) is 0 Å². The van der Waals surface area contributed by atoms with Gasteiger partial charge in [0, 0.05) is 6.07 Å². The molecule has 0 radical (unpaired) electrons. The summed E-state index contributed by atoms with van der Waals surface area (Å²) in [6, 6.07) is 13.5. The van der Waals surface area contributed by atoms with Crippen LogP contribution < -0.4 is 24.8 Å². The van der Waals surface area contributed by atoms with Crippen molar-refractivity contribution in [3.05, 3.63) is 48.0 Å². The van der Waals surface area contributed by atoms with E-state index in [2.05, 4.69) is 10.6 Å². The highest BCUT2D eigenvalue weighted by Gasteiger charge is 2.10. The molecule has 2 aromatic rings. The molecule has 0 heterocycles. The van der Waals surface area contributed by atoms with Gasteiger partial charge in [0.05, 0.1) is 25.9 Å². The summed E-state index contributed by atoms with van der Waals surface area (Å²) in [6.45, 7) is 4.54. The Kier molecular flexibility index (Phi) is 6.89. The molecule has 0 aliphatic carbocycles. The van der Waals surface area contributed by atoms with Gasteiger partial charge in [-0.25, -0.2) is 0 Å². The number of rotatable bonds is 7. The second-order valence-electron chi connectivity index (χ2n) is 5.64. The number of thiocarbonyl (C=S) groups is 1. The maximum Gasteiger partial charge on any atom is 0.171 e. The van der Waals surface area contributed by atoms with E-state index in [0.29, 0.717) is 17.5 Å². The van der Waals surface area contributed by atoms with Gasteiger partial charge in [0.15, 0.2) is 5.11 Å². The Labute approximate surface area is 154 Å². The van der Waals surface area contributed by atoms with Crippen molar-refractivity contribution in [3.63, 3.8) is 0 Å². The van der Waals surface area contributed by atoms with Gasteiger partial charge in [0.1, 0.15) is 23.9 Å². The predicted molar refractivity (Wildman–Crippen MR) is 105 cm³/mol. The molecule has 0 spiro atoms. The van der Waals surface area contributed by atoms with Crippen LogP contribution in [0.2, 0.25) is 0 Å². The number of nitrogens with one attached hydrogen (secondary N) is 2. The van der Waals surface area contributed by atoms with Gasteiger partial charge in [0.25, 0.3) is 0 Å². The van der Waals surface area contributed by atoms with Gasteiger partial charge in [0.2, 0.25) is 0 Å². The number of ether oxygens (including phenoxy) is 3. The minimum Gasteiger partial charge on any atom is -0.497 e. The van der Waals surface area contributed by atoms with Gasteiger partial charge in [-0.1, -0.05) is 18.2 Å². The molecule has 25 heavy (non-hydrogen) atoms. The quantitative estimate of drug-likeness (QED) is 0.733. The Bertz CT molecular complexity index is 722. The van der Waals surface area contributed by atoms with Crippen LogP contribution in [-0.2, 0) is 0 Å². The Hall–Kier alpha value is -2.47. The fraction of sp³-hybridized carbons (Fsp3) is 0.316. The summed E-state index contributed by atoms with van der Waals surface area (Å²) in [6.07, 6.45) is 0. The van der Waals surface area contributed by atoms with Gasteiger partial charge in [-0.15, -0.1) is 0 Å². The highest BCUT2D eigenvalue weighted by molar-refractivity contribution is 7.80. The fourth-order valence-electron chi connectivity index (χ4n) is 2.26. The molecular weight excluding hydrogens is 336 g/mol. The average Bonchev–Trinajstić information content (AvgIpc) is 2.61. The first-order valence-corrected chi connectivity index (χ1v) is 8.42. The lowest BCUT2D eigenvalue weighted by molar-refractivity contribution is 0.285. The molecule has 2 rings (SSSR count). The first kappa shape index (κ1) is 18.9. The van der Waals surface area contributed by atoms with Crippen molar-refractivity contribution in [2.75, 3.05) is 26.1 Å². The third-order valence-electron chi connectivity index (χ3n) is 3.62. The van der Waals surface area contributed by atoms with E-state index in [4.69, 9.17) is 26.4 Å². The van der Waals surface area contributed by atoms with E-state index in [1.54, 1.807) is 20.3 Å². The average molecular weight is 360 g/mol. The van der Waals surface area contributed by atoms with Crippen LogP contribution in [0.25, 0.3) is 0 Å². The Morgan fingerprint density at radius 3 is 2.52 bits per heavy atom. The minimum absolute atomic E-state index is 0.0452. The second kappa shape index (κ2) is 9.13. The monoisotopic (exact) mass is 360 g/mol. The summed E-state index contributed by atoms with van der Waals surface area (Å²) in [7, 11) is 3.22. The zero-order valence-electron chi connectivity index (χ0n) is 15.0. The van der Waals surface area contributed by atoms with Gasteiger partial charge in [-0.2, -0.15) is 0 Å². The molecule has 5 nitrogen and oxygen atoms in total. The third kappa shape index (κ3) is 5.53. The van der Waals surface area contributed by atoms with Crippen molar-refractivity contribution in [2.45, 2.75) is 19.9 Å². The van der Waals surface area contributed by atoms with Crippen LogP contribution in [0.15, 0.2) is 42.5 Å². The number of benzene rings is 2. The Balaban J connectivity index is 1.88. The second-order valence-corrected chi connectivity index (χ2v) is 6.05. The first-order valence-electron chi connectivity index (χ1n) is 8.01. The molecule has 0 saturated heterocycles. The van der Waals surface area contributed by atoms with Crippen molar-refractivity contribution in [1.82, 2.24) is 5.32 Å². The largest absolute Gasteiger partial charge is 0.497 e. The molecule has 6 heteroatoms. The smallest absolute Gasteiger partial charge is 0.171 e. The molecule has 0 aliphatic heterocycles. The van der Waals surface area contributed by atoms with Crippen LogP contribution in [0.5, 0.6) is 17.2 Å². The van der Waals surface area contributed by atoms with E-state index in [0.717, 1.165) is 22.7 Å². The fourth-order valence-corrected chi connectivity index (χ4v) is 2.57. The molecule has 0 aromatic heterocycles. The number of anilines is 1. The molecule has 134 valence electrons. The van der Waals surface area contributed by atoms with E-state index < -0.39 is 0 Å². The van der Waals surface area contributed by atoms with Crippen LogP contribution in [0.4, 0.5) is 5.69 Å². The third-order valence-corrected chi connectivity index (χ3v) is 3.84.